The maximum atomic E-state index is 13.3. The van der Waals surface area contributed by atoms with E-state index in [0.717, 1.165) is 20.2 Å². The maximum absolute atomic E-state index is 13.3. The Balaban J connectivity index is 1.79. The zero-order chi connectivity index (χ0) is 21.4. The van der Waals surface area contributed by atoms with E-state index in [-0.39, 0.29) is 18.0 Å². The minimum Gasteiger partial charge on any atom is -0.325 e. The second kappa shape index (κ2) is 8.04. The summed E-state index contributed by atoms with van der Waals surface area (Å²) < 4.78 is 3.87. The lowest BCUT2D eigenvalue weighted by molar-refractivity contribution is -0.116. The van der Waals surface area contributed by atoms with Gasteiger partial charge in [0.05, 0.1) is 11.2 Å². The van der Waals surface area contributed by atoms with Crippen molar-refractivity contribution in [1.29, 1.82) is 0 Å². The molecule has 0 aliphatic heterocycles. The second-order valence-electron chi connectivity index (χ2n) is 6.94. The summed E-state index contributed by atoms with van der Waals surface area (Å²) in [6.07, 6.45) is 0. The van der Waals surface area contributed by atoms with Crippen LogP contribution in [0.4, 0.5) is 5.69 Å². The number of aromatic nitrogens is 2. The Hall–Kier alpha value is -2.97. The summed E-state index contributed by atoms with van der Waals surface area (Å²) in [7, 11) is 0. The zero-order valence-electron chi connectivity index (χ0n) is 16.3. The summed E-state index contributed by atoms with van der Waals surface area (Å²) in [6, 6.07) is 14.4. The quantitative estimate of drug-likeness (QED) is 0.471. The molecular formula is C22H18BrN3O3S. The molecule has 8 heteroatoms. The van der Waals surface area contributed by atoms with Gasteiger partial charge in [-0.2, -0.15) is 0 Å². The molecular weight excluding hydrogens is 466 g/mol. The summed E-state index contributed by atoms with van der Waals surface area (Å²) in [5.74, 6) is -0.346. The van der Waals surface area contributed by atoms with Crippen LogP contribution in [0.1, 0.15) is 11.1 Å². The third-order valence-corrected chi connectivity index (χ3v) is 6.64. The number of para-hydroxylation sites is 1. The number of amides is 1. The molecule has 1 N–H and O–H groups in total. The molecule has 0 saturated heterocycles. The lowest BCUT2D eigenvalue weighted by atomic mass is 10.2. The van der Waals surface area contributed by atoms with Crippen molar-refractivity contribution in [2.75, 3.05) is 5.32 Å². The van der Waals surface area contributed by atoms with Crippen LogP contribution in [0.5, 0.6) is 0 Å². The number of thiophene rings is 1. The minimum atomic E-state index is -0.540. The standard InChI is InChI=1S/C22H18BrN3O3S/c1-13-5-3-4-6-17(13)26-21(28)20-18(9-10-30-20)25(22(26)29)12-19(27)24-15-7-8-16(23)14(2)11-15/h3-11H,12H2,1-2H3,(H,24,27). The lowest BCUT2D eigenvalue weighted by Crippen LogP contribution is -2.40. The SMILES string of the molecule is Cc1cc(NC(=O)Cn2c(=O)n(-c3ccccc3C)c(=O)c3sccc32)ccc1Br. The van der Waals surface area contributed by atoms with E-state index in [0.29, 0.717) is 21.6 Å². The van der Waals surface area contributed by atoms with Gasteiger partial charge in [-0.15, -0.1) is 11.3 Å². The van der Waals surface area contributed by atoms with Crippen LogP contribution in [-0.4, -0.2) is 15.0 Å². The van der Waals surface area contributed by atoms with Gasteiger partial charge in [0.2, 0.25) is 5.91 Å². The van der Waals surface area contributed by atoms with E-state index in [1.54, 1.807) is 29.6 Å². The first-order valence-electron chi connectivity index (χ1n) is 9.22. The fourth-order valence-corrected chi connectivity index (χ4v) is 4.40. The molecule has 4 rings (SSSR count). The predicted octanol–water partition coefficient (Wildman–Crippen LogP) is 4.23. The van der Waals surface area contributed by atoms with E-state index >= 15 is 0 Å². The Morgan fingerprint density at radius 1 is 1.07 bits per heavy atom. The van der Waals surface area contributed by atoms with Gasteiger partial charge >= 0.3 is 5.69 Å². The van der Waals surface area contributed by atoms with Crippen LogP contribution in [-0.2, 0) is 11.3 Å². The van der Waals surface area contributed by atoms with Crippen molar-refractivity contribution in [3.05, 3.63) is 90.3 Å². The van der Waals surface area contributed by atoms with E-state index in [9.17, 15) is 14.4 Å². The summed E-state index contributed by atoms with van der Waals surface area (Å²) in [6.45, 7) is 3.57. The molecule has 2 aromatic carbocycles. The fourth-order valence-electron chi connectivity index (χ4n) is 3.33. The second-order valence-corrected chi connectivity index (χ2v) is 8.71. The first-order valence-corrected chi connectivity index (χ1v) is 10.9. The largest absolute Gasteiger partial charge is 0.336 e. The number of hydrogen-bond donors (Lipinski definition) is 1. The molecule has 2 heterocycles. The monoisotopic (exact) mass is 483 g/mol. The molecule has 1 amide bonds. The molecule has 152 valence electrons. The topological polar surface area (TPSA) is 73.1 Å². The number of nitrogens with one attached hydrogen (secondary N) is 1. The fraction of sp³-hybridized carbons (Fsp3) is 0.136. The van der Waals surface area contributed by atoms with Crippen LogP contribution in [0.2, 0.25) is 0 Å². The van der Waals surface area contributed by atoms with Crippen LogP contribution in [0.3, 0.4) is 0 Å². The van der Waals surface area contributed by atoms with Crippen LogP contribution < -0.4 is 16.6 Å². The van der Waals surface area contributed by atoms with Gasteiger partial charge in [0.25, 0.3) is 5.56 Å². The third kappa shape index (κ3) is 3.64. The van der Waals surface area contributed by atoms with Gasteiger partial charge in [-0.05, 0) is 60.7 Å². The Bertz CT molecular complexity index is 1400. The molecule has 30 heavy (non-hydrogen) atoms. The number of anilines is 1. The van der Waals surface area contributed by atoms with Crippen LogP contribution in [0.15, 0.2) is 68.0 Å². The van der Waals surface area contributed by atoms with E-state index in [2.05, 4.69) is 21.2 Å². The first-order chi connectivity index (χ1) is 14.4. The minimum absolute atomic E-state index is 0.201. The predicted molar refractivity (Wildman–Crippen MR) is 124 cm³/mol. The number of nitrogens with zero attached hydrogens (tertiary/aromatic N) is 2. The van der Waals surface area contributed by atoms with Crippen molar-refractivity contribution in [3.63, 3.8) is 0 Å². The summed E-state index contributed by atoms with van der Waals surface area (Å²) in [5.41, 5.74) is 2.49. The zero-order valence-corrected chi connectivity index (χ0v) is 18.7. The van der Waals surface area contributed by atoms with Crippen molar-refractivity contribution < 1.29 is 4.79 Å². The number of rotatable bonds is 4. The number of hydrogen-bond acceptors (Lipinski definition) is 4. The average Bonchev–Trinajstić information content (AvgIpc) is 3.20. The number of fused-ring (bicyclic) bond motifs is 1. The highest BCUT2D eigenvalue weighted by Crippen LogP contribution is 2.21. The number of aryl methyl sites for hydroxylation is 2. The molecule has 0 atom stereocenters. The van der Waals surface area contributed by atoms with Gasteiger partial charge < -0.3 is 5.32 Å². The summed E-state index contributed by atoms with van der Waals surface area (Å²) >= 11 is 4.69. The number of benzene rings is 2. The van der Waals surface area contributed by atoms with E-state index in [1.165, 1.54) is 15.9 Å². The van der Waals surface area contributed by atoms with E-state index in [4.69, 9.17) is 0 Å². The molecule has 0 fully saturated rings. The smallest absolute Gasteiger partial charge is 0.325 e. The molecule has 6 nitrogen and oxygen atoms in total. The van der Waals surface area contributed by atoms with Crippen LogP contribution in [0, 0.1) is 13.8 Å². The molecule has 0 spiro atoms. The van der Waals surface area contributed by atoms with E-state index < -0.39 is 5.69 Å². The van der Waals surface area contributed by atoms with E-state index in [1.807, 2.05) is 38.1 Å². The van der Waals surface area contributed by atoms with Crippen molar-refractivity contribution in [3.8, 4) is 5.69 Å². The molecule has 0 aliphatic rings. The highest BCUT2D eigenvalue weighted by molar-refractivity contribution is 9.10. The summed E-state index contributed by atoms with van der Waals surface area (Å²) in [4.78, 5) is 39.0. The Morgan fingerprint density at radius 2 is 1.83 bits per heavy atom. The maximum Gasteiger partial charge on any atom is 0.336 e. The number of carbonyl (C=O) groups excluding carboxylic acids is 1. The first kappa shape index (κ1) is 20.3. The molecule has 0 aliphatic carbocycles. The third-order valence-electron chi connectivity index (χ3n) is 4.85. The van der Waals surface area contributed by atoms with Gasteiger partial charge in [0.15, 0.2) is 0 Å². The molecule has 4 aromatic rings. The molecule has 0 bridgehead atoms. The highest BCUT2D eigenvalue weighted by Gasteiger charge is 2.18. The Morgan fingerprint density at radius 3 is 2.57 bits per heavy atom. The van der Waals surface area contributed by atoms with Crippen LogP contribution >= 0.6 is 27.3 Å². The van der Waals surface area contributed by atoms with Crippen molar-refractivity contribution in [1.82, 2.24) is 9.13 Å². The van der Waals surface area contributed by atoms with Crippen molar-refractivity contribution >= 4 is 49.1 Å². The van der Waals surface area contributed by atoms with Crippen LogP contribution in [0.25, 0.3) is 15.9 Å². The van der Waals surface area contributed by atoms with Gasteiger partial charge in [0.1, 0.15) is 11.2 Å². The van der Waals surface area contributed by atoms with Gasteiger partial charge in [-0.25, -0.2) is 9.36 Å². The number of halogens is 1. The molecule has 0 radical (unpaired) electrons. The summed E-state index contributed by atoms with van der Waals surface area (Å²) in [5, 5.41) is 4.57. The number of carbonyl (C=O) groups is 1. The van der Waals surface area contributed by atoms with Crippen molar-refractivity contribution in [2.24, 2.45) is 0 Å². The highest BCUT2D eigenvalue weighted by atomic mass is 79.9. The normalized spacial score (nSPS) is 11.0. The molecule has 0 unspecified atom stereocenters. The van der Waals surface area contributed by atoms with Gasteiger partial charge in [-0.1, -0.05) is 34.1 Å². The molecule has 2 aromatic heterocycles. The Labute approximate surface area is 184 Å². The van der Waals surface area contributed by atoms with Gasteiger partial charge in [-0.3, -0.25) is 14.2 Å². The average molecular weight is 484 g/mol. The Kier molecular flexibility index (Phi) is 5.44. The van der Waals surface area contributed by atoms with Crippen molar-refractivity contribution in [2.45, 2.75) is 20.4 Å². The lowest BCUT2D eigenvalue weighted by Gasteiger charge is -2.14. The molecule has 0 saturated carbocycles. The van der Waals surface area contributed by atoms with Gasteiger partial charge in [0, 0.05) is 10.2 Å².